The maximum Gasteiger partial charge on any atom is 0.433 e. The Balaban J connectivity index is 1.61. The lowest BCUT2D eigenvalue weighted by Gasteiger charge is -2.08. The molecule has 1 aromatic heterocycles. The molecule has 0 spiro atoms. The molecule has 2 N–H and O–H groups in total. The molecule has 2 aromatic carbocycles. The zero-order valence-corrected chi connectivity index (χ0v) is 17.4. The Morgan fingerprint density at radius 3 is 2.33 bits per heavy atom. The van der Waals surface area contributed by atoms with E-state index in [0.717, 1.165) is 16.8 Å². The topological polar surface area (TPSA) is 144 Å². The fourth-order valence-corrected chi connectivity index (χ4v) is 3.57. The Bertz CT molecular complexity index is 1200. The first-order chi connectivity index (χ1) is 14.2. The monoisotopic (exact) mass is 492 g/mol. The highest BCUT2D eigenvalue weighted by atomic mass is 79.9. The number of sulfonamides is 1. The average Bonchev–Trinajstić information content (AvgIpc) is 3.18. The molecule has 1 heterocycles. The van der Waals surface area contributed by atoms with E-state index in [9.17, 15) is 23.3 Å². The van der Waals surface area contributed by atoms with Gasteiger partial charge in [-0.1, -0.05) is 15.9 Å². The minimum atomic E-state index is -3.77. The van der Waals surface area contributed by atoms with Crippen LogP contribution in [0.25, 0.3) is 0 Å². The van der Waals surface area contributed by atoms with E-state index >= 15 is 0 Å². The zero-order chi connectivity index (χ0) is 21.7. The van der Waals surface area contributed by atoms with Gasteiger partial charge in [-0.3, -0.25) is 19.6 Å². The van der Waals surface area contributed by atoms with Gasteiger partial charge < -0.3 is 4.42 Å². The van der Waals surface area contributed by atoms with Gasteiger partial charge in [-0.15, -0.1) is 0 Å². The van der Waals surface area contributed by atoms with Gasteiger partial charge in [0.2, 0.25) is 0 Å². The summed E-state index contributed by atoms with van der Waals surface area (Å²) in [6.07, 6.45) is 1.12. The first kappa shape index (κ1) is 21.2. The van der Waals surface area contributed by atoms with Crippen molar-refractivity contribution in [2.24, 2.45) is 5.10 Å². The molecule has 154 valence electrons. The number of furan rings is 1. The van der Waals surface area contributed by atoms with Crippen LogP contribution in [0.2, 0.25) is 0 Å². The molecule has 0 aliphatic heterocycles. The SMILES string of the molecule is O=C(NN=Cc1ccc([N+](=O)[O-])o1)c1ccc(NS(=O)(=O)c2ccc(Br)cc2)cc1. The molecule has 0 saturated heterocycles. The second kappa shape index (κ2) is 8.88. The number of rotatable bonds is 7. The van der Waals surface area contributed by atoms with Crippen molar-refractivity contribution in [3.63, 3.8) is 0 Å². The standard InChI is InChI=1S/C18H13BrN4O6S/c19-13-3-8-16(9-4-13)30(27,28)22-14-5-1-12(2-6-14)18(24)21-20-11-15-7-10-17(29-15)23(25)26/h1-11,22H,(H,21,24). The van der Waals surface area contributed by atoms with E-state index in [1.807, 2.05) is 0 Å². The minimum absolute atomic E-state index is 0.0969. The van der Waals surface area contributed by atoms with E-state index in [0.29, 0.717) is 0 Å². The Kier molecular flexibility index (Phi) is 6.28. The fraction of sp³-hybridized carbons (Fsp3) is 0. The Morgan fingerprint density at radius 1 is 1.07 bits per heavy atom. The van der Waals surface area contributed by atoms with Crippen molar-refractivity contribution in [1.82, 2.24) is 5.43 Å². The highest BCUT2D eigenvalue weighted by Crippen LogP contribution is 2.19. The van der Waals surface area contributed by atoms with Crippen LogP contribution in [0.4, 0.5) is 11.6 Å². The molecule has 10 nitrogen and oxygen atoms in total. The van der Waals surface area contributed by atoms with Crippen molar-refractivity contribution in [1.29, 1.82) is 0 Å². The van der Waals surface area contributed by atoms with E-state index in [2.05, 4.69) is 31.2 Å². The Hall–Kier alpha value is -3.51. The van der Waals surface area contributed by atoms with E-state index in [1.165, 1.54) is 42.5 Å². The molecule has 1 amide bonds. The number of carbonyl (C=O) groups is 1. The summed E-state index contributed by atoms with van der Waals surface area (Å²) in [5.74, 6) is -0.904. The van der Waals surface area contributed by atoms with Crippen LogP contribution in [0.15, 0.2) is 79.6 Å². The third-order valence-corrected chi connectivity index (χ3v) is 5.60. The number of nitrogens with one attached hydrogen (secondary N) is 2. The third kappa shape index (κ3) is 5.30. The summed E-state index contributed by atoms with van der Waals surface area (Å²) in [4.78, 5) is 22.0. The Morgan fingerprint density at radius 2 is 1.73 bits per heavy atom. The van der Waals surface area contributed by atoms with Crippen LogP contribution >= 0.6 is 15.9 Å². The van der Waals surface area contributed by atoms with E-state index in [-0.39, 0.29) is 21.9 Å². The van der Waals surface area contributed by atoms with Crippen molar-refractivity contribution in [2.75, 3.05) is 4.72 Å². The molecule has 3 aromatic rings. The predicted molar refractivity (Wildman–Crippen MR) is 112 cm³/mol. The number of hydrazone groups is 1. The first-order valence-corrected chi connectivity index (χ1v) is 10.5. The van der Waals surface area contributed by atoms with Gasteiger partial charge in [-0.05, 0) is 54.6 Å². The average molecular weight is 493 g/mol. The van der Waals surface area contributed by atoms with Crippen LogP contribution in [0.1, 0.15) is 16.1 Å². The highest BCUT2D eigenvalue weighted by Gasteiger charge is 2.14. The van der Waals surface area contributed by atoms with Gasteiger partial charge >= 0.3 is 5.88 Å². The number of anilines is 1. The molecular formula is C18H13BrN4O6S. The number of benzene rings is 2. The van der Waals surface area contributed by atoms with Crippen molar-refractivity contribution in [2.45, 2.75) is 4.90 Å². The number of amides is 1. The van der Waals surface area contributed by atoms with Gasteiger partial charge in [-0.25, -0.2) is 13.8 Å². The van der Waals surface area contributed by atoms with E-state index < -0.39 is 26.7 Å². The molecule has 3 rings (SSSR count). The largest absolute Gasteiger partial charge is 0.433 e. The molecule has 12 heteroatoms. The van der Waals surface area contributed by atoms with Crippen molar-refractivity contribution >= 4 is 49.6 Å². The van der Waals surface area contributed by atoms with Gasteiger partial charge in [0.05, 0.1) is 17.2 Å². The second-order valence-electron chi connectivity index (χ2n) is 5.77. The summed E-state index contributed by atoms with van der Waals surface area (Å²) >= 11 is 3.24. The smallest absolute Gasteiger partial charge is 0.400 e. The third-order valence-electron chi connectivity index (χ3n) is 3.67. The van der Waals surface area contributed by atoms with Gasteiger partial charge in [-0.2, -0.15) is 5.10 Å². The normalized spacial score (nSPS) is 11.4. The summed E-state index contributed by atoms with van der Waals surface area (Å²) in [7, 11) is -3.77. The van der Waals surface area contributed by atoms with Gasteiger partial charge in [0.15, 0.2) is 5.76 Å². The summed E-state index contributed by atoms with van der Waals surface area (Å²) < 4.78 is 32.8. The lowest BCUT2D eigenvalue weighted by atomic mass is 10.2. The van der Waals surface area contributed by atoms with Crippen LogP contribution in [-0.4, -0.2) is 25.5 Å². The summed E-state index contributed by atoms with van der Waals surface area (Å²) in [6, 6.07) is 14.4. The molecule has 0 saturated carbocycles. The van der Waals surface area contributed by atoms with Crippen LogP contribution < -0.4 is 10.1 Å². The van der Waals surface area contributed by atoms with E-state index in [1.54, 1.807) is 12.1 Å². The van der Waals surface area contributed by atoms with Crippen molar-refractivity contribution in [3.05, 3.63) is 86.6 Å². The fourth-order valence-electron chi connectivity index (χ4n) is 2.25. The van der Waals surface area contributed by atoms with Crippen LogP contribution in [0, 0.1) is 10.1 Å². The molecule has 0 radical (unpaired) electrons. The summed E-state index contributed by atoms with van der Waals surface area (Å²) in [5, 5.41) is 14.2. The highest BCUT2D eigenvalue weighted by molar-refractivity contribution is 9.10. The number of carbonyl (C=O) groups excluding carboxylic acids is 1. The van der Waals surface area contributed by atoms with E-state index in [4.69, 9.17) is 4.42 Å². The van der Waals surface area contributed by atoms with Crippen LogP contribution in [0.5, 0.6) is 0 Å². The molecule has 0 unspecified atom stereocenters. The van der Waals surface area contributed by atoms with Gasteiger partial charge in [0, 0.05) is 15.7 Å². The number of halogens is 1. The molecule has 0 atom stereocenters. The predicted octanol–water partition coefficient (Wildman–Crippen LogP) is 3.52. The molecule has 0 fully saturated rings. The number of nitro groups is 1. The van der Waals surface area contributed by atoms with Crippen molar-refractivity contribution in [3.8, 4) is 0 Å². The van der Waals surface area contributed by atoms with Gasteiger partial charge in [0.1, 0.15) is 4.92 Å². The van der Waals surface area contributed by atoms with Crippen LogP contribution in [-0.2, 0) is 10.0 Å². The minimum Gasteiger partial charge on any atom is -0.400 e. The summed E-state index contributed by atoms with van der Waals surface area (Å²) in [6.45, 7) is 0. The van der Waals surface area contributed by atoms with Crippen molar-refractivity contribution < 1.29 is 22.6 Å². The quantitative estimate of drug-likeness (QED) is 0.293. The molecule has 30 heavy (non-hydrogen) atoms. The number of hydrogen-bond acceptors (Lipinski definition) is 7. The lowest BCUT2D eigenvalue weighted by Crippen LogP contribution is -2.18. The lowest BCUT2D eigenvalue weighted by molar-refractivity contribution is -0.402. The second-order valence-corrected chi connectivity index (χ2v) is 8.37. The van der Waals surface area contributed by atoms with Crippen LogP contribution in [0.3, 0.4) is 0 Å². The van der Waals surface area contributed by atoms with Gasteiger partial charge in [0.25, 0.3) is 15.9 Å². The summed E-state index contributed by atoms with van der Waals surface area (Å²) in [5.41, 5.74) is 2.75. The first-order valence-electron chi connectivity index (χ1n) is 8.21. The molecule has 0 aliphatic carbocycles. The zero-order valence-electron chi connectivity index (χ0n) is 15.0. The number of hydrogen-bond donors (Lipinski definition) is 2. The molecular weight excluding hydrogens is 480 g/mol. The Labute approximate surface area is 178 Å². The maximum atomic E-state index is 12.4. The molecule has 0 aliphatic rings. The molecule has 0 bridgehead atoms. The number of nitrogens with zero attached hydrogens (tertiary/aromatic N) is 2. The maximum absolute atomic E-state index is 12.4.